The predicted octanol–water partition coefficient (Wildman–Crippen LogP) is 3.22. The second kappa shape index (κ2) is 10.9. The van der Waals surface area contributed by atoms with E-state index in [4.69, 9.17) is 0 Å². The molecule has 0 saturated heterocycles. The maximum Gasteiger partial charge on any atom is 0.244 e. The van der Waals surface area contributed by atoms with E-state index in [1.807, 2.05) is 6.92 Å². The average Bonchev–Trinajstić information content (AvgIpc) is 2.72. The zero-order valence-corrected chi connectivity index (χ0v) is 20.8. The highest BCUT2D eigenvalue weighted by Crippen LogP contribution is 2.25. The maximum absolute atomic E-state index is 13.3. The number of nitrogens with one attached hydrogen (secondary N) is 1. The number of rotatable bonds is 9. The van der Waals surface area contributed by atoms with Gasteiger partial charge in [-0.15, -0.1) is 0 Å². The van der Waals surface area contributed by atoms with Gasteiger partial charge in [-0.1, -0.05) is 28.1 Å². The quantitative estimate of drug-likeness (QED) is 0.542. The SMILES string of the molecule is CCNC(=O)[C@H](C)N(Cc1ccc(F)cc1)C(=O)CN(c1ccc(Br)c(C)c1)S(C)(=O)=O. The second-order valence-electron chi connectivity index (χ2n) is 7.42. The van der Waals surface area contributed by atoms with Crippen molar-refractivity contribution in [2.24, 2.45) is 0 Å². The molecule has 32 heavy (non-hydrogen) atoms. The number of halogens is 2. The molecule has 0 aliphatic carbocycles. The van der Waals surface area contributed by atoms with Crippen molar-refractivity contribution in [3.63, 3.8) is 0 Å². The lowest BCUT2D eigenvalue weighted by Gasteiger charge is -2.31. The summed E-state index contributed by atoms with van der Waals surface area (Å²) in [6.45, 7) is 5.07. The lowest BCUT2D eigenvalue weighted by atomic mass is 10.1. The highest BCUT2D eigenvalue weighted by Gasteiger charge is 2.30. The monoisotopic (exact) mass is 527 g/mol. The van der Waals surface area contributed by atoms with E-state index in [9.17, 15) is 22.4 Å². The Labute approximate surface area is 196 Å². The number of carbonyl (C=O) groups is 2. The van der Waals surface area contributed by atoms with Crippen LogP contribution in [-0.2, 0) is 26.2 Å². The van der Waals surface area contributed by atoms with Crippen molar-refractivity contribution in [1.29, 1.82) is 0 Å². The zero-order chi connectivity index (χ0) is 24.1. The van der Waals surface area contributed by atoms with Gasteiger partial charge in [0.05, 0.1) is 11.9 Å². The summed E-state index contributed by atoms with van der Waals surface area (Å²) in [6, 6.07) is 9.68. The Morgan fingerprint density at radius 1 is 1.16 bits per heavy atom. The first-order valence-corrected chi connectivity index (χ1v) is 12.6. The minimum Gasteiger partial charge on any atom is -0.355 e. The molecule has 0 saturated carbocycles. The lowest BCUT2D eigenvalue weighted by molar-refractivity contribution is -0.139. The first kappa shape index (κ1) is 25.8. The molecule has 0 unspecified atom stereocenters. The third-order valence-corrected chi connectivity index (χ3v) is 6.92. The number of amides is 2. The third-order valence-electron chi connectivity index (χ3n) is 4.89. The molecule has 0 bridgehead atoms. The van der Waals surface area contributed by atoms with Crippen molar-refractivity contribution >= 4 is 43.5 Å². The summed E-state index contributed by atoms with van der Waals surface area (Å²) < 4.78 is 40.1. The number of aryl methyl sites for hydroxylation is 1. The Bertz CT molecular complexity index is 1080. The van der Waals surface area contributed by atoms with Gasteiger partial charge >= 0.3 is 0 Å². The van der Waals surface area contributed by atoms with Gasteiger partial charge in [0.1, 0.15) is 18.4 Å². The van der Waals surface area contributed by atoms with Crippen molar-refractivity contribution in [3.05, 3.63) is 63.9 Å². The Morgan fingerprint density at radius 3 is 2.31 bits per heavy atom. The number of sulfonamides is 1. The van der Waals surface area contributed by atoms with Crippen molar-refractivity contribution in [2.45, 2.75) is 33.4 Å². The van der Waals surface area contributed by atoms with Gasteiger partial charge in [0, 0.05) is 17.6 Å². The molecule has 0 aliphatic heterocycles. The van der Waals surface area contributed by atoms with Crippen LogP contribution in [0.4, 0.5) is 10.1 Å². The van der Waals surface area contributed by atoms with Crippen LogP contribution in [0, 0.1) is 12.7 Å². The second-order valence-corrected chi connectivity index (χ2v) is 10.2. The van der Waals surface area contributed by atoms with E-state index in [1.165, 1.54) is 29.2 Å². The number of anilines is 1. The smallest absolute Gasteiger partial charge is 0.244 e. The molecule has 2 amide bonds. The molecular formula is C22H27BrFN3O4S. The van der Waals surface area contributed by atoms with Crippen molar-refractivity contribution in [3.8, 4) is 0 Å². The van der Waals surface area contributed by atoms with Crippen LogP contribution in [0.15, 0.2) is 46.9 Å². The first-order valence-electron chi connectivity index (χ1n) is 9.99. The predicted molar refractivity (Wildman–Crippen MR) is 126 cm³/mol. The first-order chi connectivity index (χ1) is 14.9. The summed E-state index contributed by atoms with van der Waals surface area (Å²) in [5, 5.41) is 2.67. The number of carbonyl (C=O) groups excluding carboxylic acids is 2. The van der Waals surface area contributed by atoms with Crippen LogP contribution in [-0.4, -0.2) is 50.5 Å². The molecular weight excluding hydrogens is 501 g/mol. The number of benzene rings is 2. The van der Waals surface area contributed by atoms with E-state index < -0.39 is 34.3 Å². The van der Waals surface area contributed by atoms with Gasteiger partial charge in [-0.2, -0.15) is 0 Å². The number of hydrogen-bond acceptors (Lipinski definition) is 4. The summed E-state index contributed by atoms with van der Waals surface area (Å²) in [5.41, 5.74) is 1.76. The zero-order valence-electron chi connectivity index (χ0n) is 18.4. The third kappa shape index (κ3) is 6.77. The van der Waals surface area contributed by atoms with Gasteiger partial charge in [-0.25, -0.2) is 12.8 Å². The fourth-order valence-corrected chi connectivity index (χ4v) is 4.18. The molecule has 1 N–H and O–H groups in total. The molecule has 0 heterocycles. The molecule has 10 heteroatoms. The van der Waals surface area contributed by atoms with Crippen LogP contribution in [0.5, 0.6) is 0 Å². The molecule has 0 fully saturated rings. The Kier molecular flexibility index (Phi) is 8.80. The van der Waals surface area contributed by atoms with Crippen LogP contribution in [0.1, 0.15) is 25.0 Å². The highest BCUT2D eigenvalue weighted by atomic mass is 79.9. The Balaban J connectivity index is 2.39. The maximum atomic E-state index is 13.3. The van der Waals surface area contributed by atoms with Gasteiger partial charge in [0.2, 0.25) is 21.8 Å². The molecule has 0 spiro atoms. The van der Waals surface area contributed by atoms with E-state index in [0.29, 0.717) is 17.8 Å². The van der Waals surface area contributed by atoms with Crippen LogP contribution in [0.3, 0.4) is 0 Å². The van der Waals surface area contributed by atoms with Gasteiger partial charge < -0.3 is 10.2 Å². The lowest BCUT2D eigenvalue weighted by Crippen LogP contribution is -2.51. The topological polar surface area (TPSA) is 86.8 Å². The van der Waals surface area contributed by atoms with Crippen LogP contribution >= 0.6 is 15.9 Å². The van der Waals surface area contributed by atoms with Crippen LogP contribution in [0.2, 0.25) is 0 Å². The molecule has 7 nitrogen and oxygen atoms in total. The van der Waals surface area contributed by atoms with Crippen molar-refractivity contribution in [2.75, 3.05) is 23.7 Å². The van der Waals surface area contributed by atoms with Gasteiger partial charge in [0.25, 0.3) is 0 Å². The van der Waals surface area contributed by atoms with Gasteiger partial charge in [-0.3, -0.25) is 13.9 Å². The van der Waals surface area contributed by atoms with E-state index in [-0.39, 0.29) is 12.5 Å². The van der Waals surface area contributed by atoms with E-state index in [0.717, 1.165) is 20.6 Å². The van der Waals surface area contributed by atoms with E-state index >= 15 is 0 Å². The molecule has 0 aliphatic rings. The fraction of sp³-hybridized carbons (Fsp3) is 0.364. The molecule has 0 aromatic heterocycles. The van der Waals surface area contributed by atoms with Crippen molar-refractivity contribution in [1.82, 2.24) is 10.2 Å². The van der Waals surface area contributed by atoms with E-state index in [1.54, 1.807) is 32.0 Å². The van der Waals surface area contributed by atoms with Gasteiger partial charge in [-0.05, 0) is 62.2 Å². The van der Waals surface area contributed by atoms with Crippen LogP contribution < -0.4 is 9.62 Å². The molecule has 174 valence electrons. The number of likely N-dealkylation sites (N-methyl/N-ethyl adjacent to an activating group) is 1. The largest absolute Gasteiger partial charge is 0.355 e. The summed E-state index contributed by atoms with van der Waals surface area (Å²) in [6.07, 6.45) is 1.02. The highest BCUT2D eigenvalue weighted by molar-refractivity contribution is 9.10. The summed E-state index contributed by atoms with van der Waals surface area (Å²) in [7, 11) is -3.79. The summed E-state index contributed by atoms with van der Waals surface area (Å²) in [4.78, 5) is 27.1. The average molecular weight is 528 g/mol. The normalized spacial score (nSPS) is 12.2. The Hall–Kier alpha value is -2.46. The minimum atomic E-state index is -3.79. The Morgan fingerprint density at radius 2 is 1.78 bits per heavy atom. The van der Waals surface area contributed by atoms with Gasteiger partial charge in [0.15, 0.2) is 0 Å². The fourth-order valence-electron chi connectivity index (χ4n) is 3.09. The molecule has 0 radical (unpaired) electrons. The molecule has 2 rings (SSSR count). The van der Waals surface area contributed by atoms with Crippen LogP contribution in [0.25, 0.3) is 0 Å². The standard InChI is InChI=1S/C22H27BrFN3O4S/c1-5-25-22(29)16(3)26(13-17-6-8-18(24)9-7-17)21(28)14-27(32(4,30)31)19-10-11-20(23)15(2)12-19/h6-12,16H,5,13-14H2,1-4H3,(H,25,29)/t16-/m0/s1. The molecule has 2 aromatic rings. The van der Waals surface area contributed by atoms with Crippen molar-refractivity contribution < 1.29 is 22.4 Å². The van der Waals surface area contributed by atoms with E-state index in [2.05, 4.69) is 21.2 Å². The molecule has 2 aromatic carbocycles. The molecule has 1 atom stereocenters. The summed E-state index contributed by atoms with van der Waals surface area (Å²) >= 11 is 3.38. The number of nitrogens with zero attached hydrogens (tertiary/aromatic N) is 2. The summed E-state index contributed by atoms with van der Waals surface area (Å²) in [5.74, 6) is -1.34. The number of hydrogen-bond donors (Lipinski definition) is 1. The minimum absolute atomic E-state index is 0.0222.